The first kappa shape index (κ1) is 19.6. The van der Waals surface area contributed by atoms with Gasteiger partial charge in [0.15, 0.2) is 0 Å². The predicted octanol–water partition coefficient (Wildman–Crippen LogP) is 3.59. The van der Waals surface area contributed by atoms with Gasteiger partial charge in [-0.05, 0) is 54.9 Å². The zero-order valence-electron chi connectivity index (χ0n) is 14.1. The van der Waals surface area contributed by atoms with Crippen molar-refractivity contribution in [2.45, 2.75) is 23.6 Å². The number of thiocyanates is 1. The fourth-order valence-electron chi connectivity index (χ4n) is 2.37. The van der Waals surface area contributed by atoms with E-state index >= 15 is 0 Å². The summed E-state index contributed by atoms with van der Waals surface area (Å²) < 4.78 is 33.1. The maximum Gasteiger partial charge on any atom is 0.271 e. The summed E-state index contributed by atoms with van der Waals surface area (Å²) in [6, 6.07) is 6.72. The number of thioether (sulfide) groups is 1. The molecule has 8 nitrogen and oxygen atoms in total. The Morgan fingerprint density at radius 1 is 1.23 bits per heavy atom. The van der Waals surface area contributed by atoms with Gasteiger partial charge >= 0.3 is 0 Å². The van der Waals surface area contributed by atoms with E-state index in [9.17, 15) is 18.5 Å². The third-order valence-corrected chi connectivity index (χ3v) is 5.49. The molecule has 2 aromatic carbocycles. The average Bonchev–Trinajstić information content (AvgIpc) is 2.58. The van der Waals surface area contributed by atoms with Crippen LogP contribution < -0.4 is 9.46 Å². The lowest BCUT2D eigenvalue weighted by Crippen LogP contribution is -2.16. The summed E-state index contributed by atoms with van der Waals surface area (Å²) in [6.45, 7) is 3.41. The number of benzene rings is 2. The fraction of sp³-hybridized carbons (Fsp3) is 0.188. The zero-order valence-corrected chi connectivity index (χ0v) is 15.8. The number of methoxy groups -OCH3 is 1. The van der Waals surface area contributed by atoms with Gasteiger partial charge in [-0.3, -0.25) is 14.8 Å². The normalized spacial score (nSPS) is 10.8. The highest BCUT2D eigenvalue weighted by molar-refractivity contribution is 8.03. The van der Waals surface area contributed by atoms with Crippen molar-refractivity contribution in [3.63, 3.8) is 0 Å². The molecule has 2 rings (SSSR count). The minimum atomic E-state index is -4.13. The minimum absolute atomic E-state index is 0.00457. The van der Waals surface area contributed by atoms with E-state index in [2.05, 4.69) is 4.72 Å². The first-order chi connectivity index (χ1) is 12.2. The summed E-state index contributed by atoms with van der Waals surface area (Å²) in [4.78, 5) is 10.7. The number of nitrogens with one attached hydrogen (secondary N) is 1. The second-order valence-electron chi connectivity index (χ2n) is 5.32. The van der Waals surface area contributed by atoms with Crippen LogP contribution >= 0.6 is 11.8 Å². The predicted molar refractivity (Wildman–Crippen MR) is 97.8 cm³/mol. The third kappa shape index (κ3) is 4.07. The molecule has 0 spiro atoms. The van der Waals surface area contributed by atoms with Crippen molar-refractivity contribution in [1.82, 2.24) is 0 Å². The molecule has 0 aliphatic heterocycles. The molecule has 0 saturated heterocycles. The molecule has 0 aromatic heterocycles. The Morgan fingerprint density at radius 3 is 2.35 bits per heavy atom. The maximum atomic E-state index is 12.8. The van der Waals surface area contributed by atoms with Gasteiger partial charge in [-0.1, -0.05) is 0 Å². The Labute approximate surface area is 155 Å². The van der Waals surface area contributed by atoms with E-state index < -0.39 is 14.9 Å². The lowest BCUT2D eigenvalue weighted by atomic mass is 10.1. The van der Waals surface area contributed by atoms with E-state index in [1.807, 2.05) is 5.40 Å². The number of sulfonamides is 1. The Bertz CT molecular complexity index is 990. The van der Waals surface area contributed by atoms with Crippen molar-refractivity contribution >= 4 is 33.2 Å². The molecule has 0 saturated carbocycles. The highest BCUT2D eigenvalue weighted by Crippen LogP contribution is 2.33. The van der Waals surface area contributed by atoms with Crippen LogP contribution in [0.4, 0.5) is 11.4 Å². The largest absolute Gasteiger partial charge is 0.495 e. The highest BCUT2D eigenvalue weighted by atomic mass is 32.2. The number of nitriles is 1. The van der Waals surface area contributed by atoms with Crippen LogP contribution in [-0.2, 0) is 10.0 Å². The summed E-state index contributed by atoms with van der Waals surface area (Å²) in [7, 11) is -2.85. The first-order valence-corrected chi connectivity index (χ1v) is 9.52. The molecule has 136 valence electrons. The van der Waals surface area contributed by atoms with E-state index in [4.69, 9.17) is 10.00 Å². The highest BCUT2D eigenvalue weighted by Gasteiger charge is 2.24. The molecule has 2 aromatic rings. The average molecular weight is 393 g/mol. The van der Waals surface area contributed by atoms with Gasteiger partial charge in [0.2, 0.25) is 0 Å². The third-order valence-electron chi connectivity index (χ3n) is 3.55. The van der Waals surface area contributed by atoms with E-state index in [0.29, 0.717) is 21.7 Å². The van der Waals surface area contributed by atoms with Crippen LogP contribution in [0.5, 0.6) is 5.75 Å². The SMILES string of the molecule is COc1ccc([N+](=O)[O-])cc1S(=O)(=O)Nc1c(C)cc(SC#N)cc1C. The minimum Gasteiger partial charge on any atom is -0.495 e. The molecular weight excluding hydrogens is 378 g/mol. The van der Waals surface area contributed by atoms with E-state index in [0.717, 1.165) is 17.8 Å². The van der Waals surface area contributed by atoms with Gasteiger partial charge < -0.3 is 4.74 Å². The van der Waals surface area contributed by atoms with Crippen LogP contribution in [-0.4, -0.2) is 20.5 Å². The van der Waals surface area contributed by atoms with Gasteiger partial charge in [0, 0.05) is 17.0 Å². The standard InChI is InChI=1S/C16H15N3O5S2/c1-10-6-13(25-9-17)7-11(2)16(10)18-26(22,23)15-8-12(19(20)21)4-5-14(15)24-3/h4-8,18H,1-3H3. The van der Waals surface area contributed by atoms with E-state index in [-0.39, 0.29) is 16.3 Å². The van der Waals surface area contributed by atoms with Crippen LogP contribution in [0.3, 0.4) is 0 Å². The van der Waals surface area contributed by atoms with E-state index in [1.54, 1.807) is 26.0 Å². The number of ether oxygens (including phenoxy) is 1. The molecule has 0 aliphatic carbocycles. The van der Waals surface area contributed by atoms with Crippen molar-refractivity contribution in [3.8, 4) is 11.2 Å². The molecule has 1 N–H and O–H groups in total. The van der Waals surface area contributed by atoms with Crippen molar-refractivity contribution in [2.75, 3.05) is 11.8 Å². The molecule has 0 amide bonds. The summed E-state index contributed by atoms with van der Waals surface area (Å²) >= 11 is 0.971. The van der Waals surface area contributed by atoms with Crippen molar-refractivity contribution in [2.24, 2.45) is 0 Å². The molecule has 0 fully saturated rings. The summed E-state index contributed by atoms with van der Waals surface area (Å²) in [5, 5.41) is 21.7. The Morgan fingerprint density at radius 2 is 1.85 bits per heavy atom. The summed E-state index contributed by atoms with van der Waals surface area (Å²) in [5.74, 6) is -0.00457. The molecule has 0 bridgehead atoms. The lowest BCUT2D eigenvalue weighted by molar-refractivity contribution is -0.385. The number of rotatable bonds is 6. The number of non-ortho nitro benzene ring substituents is 1. The number of nitro benzene ring substituents is 1. The molecule has 0 heterocycles. The Kier molecular flexibility index (Phi) is 5.74. The summed E-state index contributed by atoms with van der Waals surface area (Å²) in [6.07, 6.45) is 0. The number of hydrogen-bond acceptors (Lipinski definition) is 7. The number of hydrogen-bond donors (Lipinski definition) is 1. The van der Waals surface area contributed by atoms with Crippen LogP contribution in [0.25, 0.3) is 0 Å². The molecule has 0 radical (unpaired) electrons. The van der Waals surface area contributed by atoms with Crippen molar-refractivity contribution in [3.05, 3.63) is 51.6 Å². The lowest BCUT2D eigenvalue weighted by Gasteiger charge is -2.15. The van der Waals surface area contributed by atoms with Crippen LogP contribution in [0.1, 0.15) is 11.1 Å². The van der Waals surface area contributed by atoms with Crippen molar-refractivity contribution in [1.29, 1.82) is 5.26 Å². The van der Waals surface area contributed by atoms with Gasteiger partial charge in [0.1, 0.15) is 16.0 Å². The Balaban J connectivity index is 2.52. The van der Waals surface area contributed by atoms with Crippen LogP contribution in [0.15, 0.2) is 40.1 Å². The number of aryl methyl sites for hydroxylation is 2. The maximum absolute atomic E-state index is 12.8. The van der Waals surface area contributed by atoms with Gasteiger partial charge in [-0.15, -0.1) is 0 Å². The van der Waals surface area contributed by atoms with E-state index in [1.165, 1.54) is 19.2 Å². The second kappa shape index (κ2) is 7.63. The molecular formula is C16H15N3O5S2. The monoisotopic (exact) mass is 393 g/mol. The number of nitrogens with zero attached hydrogens (tertiary/aromatic N) is 2. The number of nitro groups is 1. The van der Waals surface area contributed by atoms with Gasteiger partial charge in [-0.25, -0.2) is 8.42 Å². The van der Waals surface area contributed by atoms with Gasteiger partial charge in [0.05, 0.1) is 17.7 Å². The zero-order chi connectivity index (χ0) is 19.5. The van der Waals surface area contributed by atoms with Crippen LogP contribution in [0.2, 0.25) is 0 Å². The fourth-order valence-corrected chi connectivity index (χ4v) is 4.34. The summed E-state index contributed by atoms with van der Waals surface area (Å²) in [5.41, 5.74) is 1.23. The topological polar surface area (TPSA) is 122 Å². The molecule has 0 aliphatic rings. The van der Waals surface area contributed by atoms with Gasteiger partial charge in [0.25, 0.3) is 15.7 Å². The smallest absolute Gasteiger partial charge is 0.271 e. The second-order valence-corrected chi connectivity index (χ2v) is 7.83. The first-order valence-electron chi connectivity index (χ1n) is 7.22. The molecule has 26 heavy (non-hydrogen) atoms. The molecule has 0 unspecified atom stereocenters. The Hall–Kier alpha value is -2.77. The quantitative estimate of drug-likeness (QED) is 0.344. The van der Waals surface area contributed by atoms with Crippen molar-refractivity contribution < 1.29 is 18.1 Å². The van der Waals surface area contributed by atoms with Crippen LogP contribution in [0, 0.1) is 34.6 Å². The van der Waals surface area contributed by atoms with Gasteiger partial charge in [-0.2, -0.15) is 5.26 Å². The molecule has 10 heteroatoms. The molecule has 0 atom stereocenters. The number of anilines is 1.